The second-order valence-corrected chi connectivity index (χ2v) is 6.87. The van der Waals surface area contributed by atoms with E-state index in [1.165, 1.54) is 6.20 Å². The Morgan fingerprint density at radius 2 is 1.97 bits per heavy atom. The number of aromatic nitrogens is 3. The highest BCUT2D eigenvalue weighted by molar-refractivity contribution is 5.97. The molecule has 1 aliphatic rings. The van der Waals surface area contributed by atoms with E-state index < -0.39 is 17.6 Å². The van der Waals surface area contributed by atoms with Crippen molar-refractivity contribution in [3.63, 3.8) is 0 Å². The summed E-state index contributed by atoms with van der Waals surface area (Å²) in [4.78, 5) is 16.4. The molecule has 0 aliphatic carbocycles. The van der Waals surface area contributed by atoms with Crippen molar-refractivity contribution >= 4 is 5.91 Å². The fourth-order valence-electron chi connectivity index (χ4n) is 3.51. The van der Waals surface area contributed by atoms with Crippen LogP contribution in [0.4, 0.5) is 17.6 Å². The zero-order valence-corrected chi connectivity index (χ0v) is 15.3. The first-order chi connectivity index (χ1) is 13.7. The molecule has 0 saturated heterocycles. The third-order valence-corrected chi connectivity index (χ3v) is 4.75. The lowest BCUT2D eigenvalue weighted by atomic mass is 10.0. The maximum Gasteiger partial charge on any atom is 0.416 e. The second-order valence-electron chi connectivity index (χ2n) is 6.87. The largest absolute Gasteiger partial charge is 0.416 e. The molecule has 0 bridgehead atoms. The van der Waals surface area contributed by atoms with Crippen LogP contribution in [0.1, 0.15) is 38.4 Å². The van der Waals surface area contributed by atoms with Gasteiger partial charge < -0.3 is 5.32 Å². The van der Waals surface area contributed by atoms with Crippen molar-refractivity contribution in [3.8, 4) is 5.82 Å². The third-order valence-electron chi connectivity index (χ3n) is 4.75. The highest BCUT2D eigenvalue weighted by Gasteiger charge is 2.31. The molecule has 3 heterocycles. The first-order valence-electron chi connectivity index (χ1n) is 8.91. The van der Waals surface area contributed by atoms with Crippen LogP contribution in [-0.4, -0.2) is 27.2 Å². The third kappa shape index (κ3) is 3.72. The van der Waals surface area contributed by atoms with Crippen molar-refractivity contribution in [2.75, 3.05) is 6.54 Å². The van der Waals surface area contributed by atoms with E-state index in [0.717, 1.165) is 17.8 Å². The molecule has 5 nitrogen and oxygen atoms in total. The van der Waals surface area contributed by atoms with E-state index in [1.807, 2.05) is 0 Å². The minimum Gasteiger partial charge on any atom is -0.352 e. The molecule has 1 aliphatic heterocycles. The van der Waals surface area contributed by atoms with Crippen LogP contribution < -0.4 is 5.32 Å². The zero-order chi connectivity index (χ0) is 20.8. The highest BCUT2D eigenvalue weighted by atomic mass is 19.4. The number of amides is 1. The second kappa shape index (κ2) is 6.98. The van der Waals surface area contributed by atoms with Gasteiger partial charge in [0.15, 0.2) is 5.82 Å². The van der Waals surface area contributed by atoms with E-state index >= 15 is 0 Å². The number of hydrogen-bond donors (Lipinski definition) is 1. The Morgan fingerprint density at radius 3 is 2.72 bits per heavy atom. The smallest absolute Gasteiger partial charge is 0.352 e. The zero-order valence-electron chi connectivity index (χ0n) is 15.3. The summed E-state index contributed by atoms with van der Waals surface area (Å²) in [6, 6.07) is 5.83. The molecule has 0 unspecified atom stereocenters. The Morgan fingerprint density at radius 1 is 1.17 bits per heavy atom. The molecule has 150 valence electrons. The van der Waals surface area contributed by atoms with E-state index in [0.29, 0.717) is 41.7 Å². The monoisotopic (exact) mass is 404 g/mol. The maximum absolute atomic E-state index is 13.7. The molecular formula is C20H16F4N4O. The van der Waals surface area contributed by atoms with Crippen LogP contribution in [0.15, 0.2) is 36.5 Å². The molecule has 0 fully saturated rings. The molecule has 1 aromatic carbocycles. The number of rotatable bonds is 3. The Labute approximate surface area is 163 Å². The van der Waals surface area contributed by atoms with E-state index in [-0.39, 0.29) is 17.9 Å². The molecule has 0 radical (unpaired) electrons. The summed E-state index contributed by atoms with van der Waals surface area (Å²) in [6.45, 7) is 2.22. The molecule has 0 saturated carbocycles. The summed E-state index contributed by atoms with van der Waals surface area (Å²) in [6.07, 6.45) is -2.42. The van der Waals surface area contributed by atoms with Crippen molar-refractivity contribution in [2.24, 2.45) is 0 Å². The van der Waals surface area contributed by atoms with Crippen LogP contribution >= 0.6 is 0 Å². The number of pyridine rings is 1. The average Bonchev–Trinajstić information content (AvgIpc) is 2.99. The van der Waals surface area contributed by atoms with Gasteiger partial charge in [0.25, 0.3) is 5.91 Å². The van der Waals surface area contributed by atoms with Gasteiger partial charge in [-0.25, -0.2) is 14.1 Å². The van der Waals surface area contributed by atoms with Crippen molar-refractivity contribution in [1.82, 2.24) is 20.1 Å². The van der Waals surface area contributed by atoms with Crippen LogP contribution in [0, 0.1) is 12.7 Å². The Hall–Kier alpha value is -3.23. The number of carbonyl (C=O) groups is 1. The van der Waals surface area contributed by atoms with Gasteiger partial charge in [-0.05, 0) is 54.8 Å². The average molecular weight is 404 g/mol. The molecule has 3 aromatic rings. The Kier molecular flexibility index (Phi) is 4.60. The molecule has 1 N–H and O–H groups in total. The van der Waals surface area contributed by atoms with E-state index in [1.54, 1.807) is 23.7 Å². The normalized spacial score (nSPS) is 13.9. The van der Waals surface area contributed by atoms with Crippen molar-refractivity contribution in [2.45, 2.75) is 25.9 Å². The maximum atomic E-state index is 13.7. The SMILES string of the molecule is Cc1nn(-c2cc(Cc3cc(F)cc(C(F)(F)F)c3)ccn2)c2c1C(=O)NCC2. The predicted molar refractivity (Wildman–Crippen MR) is 96.3 cm³/mol. The lowest BCUT2D eigenvalue weighted by molar-refractivity contribution is -0.137. The molecule has 9 heteroatoms. The van der Waals surface area contributed by atoms with E-state index in [9.17, 15) is 22.4 Å². The van der Waals surface area contributed by atoms with E-state index in [2.05, 4.69) is 15.4 Å². The van der Waals surface area contributed by atoms with Crippen molar-refractivity contribution in [1.29, 1.82) is 0 Å². The topological polar surface area (TPSA) is 59.8 Å². The Balaban J connectivity index is 1.69. The van der Waals surface area contributed by atoms with Crippen molar-refractivity contribution < 1.29 is 22.4 Å². The van der Waals surface area contributed by atoms with Crippen LogP contribution in [0.2, 0.25) is 0 Å². The summed E-state index contributed by atoms with van der Waals surface area (Å²) in [5.41, 5.74) is 1.65. The quantitative estimate of drug-likeness (QED) is 0.679. The summed E-state index contributed by atoms with van der Waals surface area (Å²) in [5, 5.41) is 7.18. The minimum absolute atomic E-state index is 0.0965. The van der Waals surface area contributed by atoms with Gasteiger partial charge in [-0.3, -0.25) is 4.79 Å². The van der Waals surface area contributed by atoms with E-state index in [4.69, 9.17) is 0 Å². The molecule has 1 amide bonds. The van der Waals surface area contributed by atoms with Gasteiger partial charge in [0.1, 0.15) is 5.82 Å². The number of hydrogen-bond acceptors (Lipinski definition) is 3. The van der Waals surface area contributed by atoms with Crippen molar-refractivity contribution in [3.05, 3.63) is 76.0 Å². The van der Waals surface area contributed by atoms with Gasteiger partial charge in [0, 0.05) is 19.2 Å². The molecule has 0 spiro atoms. The lowest BCUT2D eigenvalue weighted by Crippen LogP contribution is -2.32. The number of nitrogens with zero attached hydrogens (tertiary/aromatic N) is 3. The Bertz CT molecular complexity index is 1100. The van der Waals surface area contributed by atoms with Gasteiger partial charge in [0.2, 0.25) is 0 Å². The van der Waals surface area contributed by atoms with Crippen LogP contribution in [-0.2, 0) is 19.0 Å². The summed E-state index contributed by atoms with van der Waals surface area (Å²) in [5.74, 6) is -0.675. The number of halogens is 4. The number of nitrogens with one attached hydrogen (secondary N) is 1. The minimum atomic E-state index is -4.62. The summed E-state index contributed by atoms with van der Waals surface area (Å²) in [7, 11) is 0. The standard InChI is InChI=1S/C20H16F4N4O/c1-11-18-16(3-5-26-19(18)29)28(27-11)17-9-12(2-4-25-17)6-13-7-14(20(22,23)24)10-15(21)8-13/h2,4,7-10H,3,5-6H2,1H3,(H,26,29). The van der Waals surface area contributed by atoms with Gasteiger partial charge in [-0.2, -0.15) is 18.3 Å². The first kappa shape index (κ1) is 19.1. The fraction of sp³-hybridized carbons (Fsp3) is 0.250. The summed E-state index contributed by atoms with van der Waals surface area (Å²) < 4.78 is 54.1. The summed E-state index contributed by atoms with van der Waals surface area (Å²) >= 11 is 0. The molecule has 2 aromatic heterocycles. The fourth-order valence-corrected chi connectivity index (χ4v) is 3.51. The number of fused-ring (bicyclic) bond motifs is 1. The molecule has 4 rings (SSSR count). The first-order valence-corrected chi connectivity index (χ1v) is 8.91. The predicted octanol–water partition coefficient (Wildman–Crippen LogP) is 3.61. The molecule has 0 atom stereocenters. The van der Waals surface area contributed by atoms with Crippen LogP contribution in [0.3, 0.4) is 0 Å². The number of aryl methyl sites for hydroxylation is 1. The van der Waals surface area contributed by atoms with Gasteiger partial charge in [-0.15, -0.1) is 0 Å². The molecular weight excluding hydrogens is 388 g/mol. The van der Waals surface area contributed by atoms with Gasteiger partial charge in [0.05, 0.1) is 22.5 Å². The lowest BCUT2D eigenvalue weighted by Gasteiger charge is -2.15. The van der Waals surface area contributed by atoms with Gasteiger partial charge >= 0.3 is 6.18 Å². The van der Waals surface area contributed by atoms with Crippen LogP contribution in [0.25, 0.3) is 5.82 Å². The number of carbonyl (C=O) groups excluding carboxylic acids is 1. The van der Waals surface area contributed by atoms with Gasteiger partial charge in [-0.1, -0.05) is 0 Å². The number of benzene rings is 1. The molecule has 29 heavy (non-hydrogen) atoms. The van der Waals surface area contributed by atoms with Crippen LogP contribution in [0.5, 0.6) is 0 Å². The highest BCUT2D eigenvalue weighted by Crippen LogP contribution is 2.31. The number of alkyl halides is 3.